The van der Waals surface area contributed by atoms with Gasteiger partial charge in [0, 0.05) is 6.54 Å². The van der Waals surface area contributed by atoms with E-state index in [1.807, 2.05) is 6.07 Å². The molecule has 0 rings (SSSR count). The maximum atomic E-state index is 10.5. The third-order valence-electron chi connectivity index (χ3n) is 0.782. The lowest BCUT2D eigenvalue weighted by atomic mass is 10.5. The van der Waals surface area contributed by atoms with Crippen molar-refractivity contribution in [3.8, 4) is 6.07 Å². The van der Waals surface area contributed by atoms with Crippen molar-refractivity contribution in [2.75, 3.05) is 13.2 Å². The summed E-state index contributed by atoms with van der Waals surface area (Å²) in [6.45, 7) is 2.44. The fourth-order valence-electron chi connectivity index (χ4n) is 0.403. The molecule has 0 spiro atoms. The van der Waals surface area contributed by atoms with Crippen molar-refractivity contribution >= 4 is 6.09 Å². The number of amides is 1. The molecule has 1 amide bonds. The molecule has 4 nitrogen and oxygen atoms in total. The van der Waals surface area contributed by atoms with Crippen molar-refractivity contribution in [3.05, 3.63) is 0 Å². The lowest BCUT2D eigenvalue weighted by Gasteiger charge is -2.00. The Bertz CT molecular complexity index is 139. The van der Waals surface area contributed by atoms with Crippen LogP contribution in [0.2, 0.25) is 0 Å². The molecule has 0 unspecified atom stereocenters. The van der Waals surface area contributed by atoms with E-state index in [2.05, 4.69) is 10.1 Å². The van der Waals surface area contributed by atoms with Gasteiger partial charge >= 0.3 is 6.09 Å². The van der Waals surface area contributed by atoms with Crippen LogP contribution in [0.4, 0.5) is 4.79 Å². The predicted molar refractivity (Wildman–Crippen MR) is 35.3 cm³/mol. The second-order valence-corrected chi connectivity index (χ2v) is 1.56. The number of hydrogen-bond donors (Lipinski definition) is 1. The van der Waals surface area contributed by atoms with E-state index in [1.165, 1.54) is 0 Å². The van der Waals surface area contributed by atoms with E-state index in [0.717, 1.165) is 0 Å². The summed E-state index contributed by atoms with van der Waals surface area (Å²) in [5.41, 5.74) is 0. The standard InChI is InChI=1S/C6H10N2O2/c1-2-10-6(9)8-5-3-4-7/h2-3,5H2,1H3,(H,8,9). The van der Waals surface area contributed by atoms with Crippen molar-refractivity contribution in [2.24, 2.45) is 0 Å². The Morgan fingerprint density at radius 1 is 1.80 bits per heavy atom. The predicted octanol–water partition coefficient (Wildman–Crippen LogP) is 0.646. The van der Waals surface area contributed by atoms with Crippen LogP contribution in [0.3, 0.4) is 0 Å². The van der Waals surface area contributed by atoms with Gasteiger partial charge < -0.3 is 10.1 Å². The van der Waals surface area contributed by atoms with Gasteiger partial charge in [0.1, 0.15) is 0 Å². The van der Waals surface area contributed by atoms with E-state index in [1.54, 1.807) is 6.92 Å². The highest BCUT2D eigenvalue weighted by atomic mass is 16.5. The number of nitrogens with zero attached hydrogens (tertiary/aromatic N) is 1. The summed E-state index contributed by atoms with van der Waals surface area (Å²) in [6.07, 6.45) is -0.142. The number of ether oxygens (including phenoxy) is 1. The molecule has 0 aromatic rings. The van der Waals surface area contributed by atoms with Crippen molar-refractivity contribution in [1.82, 2.24) is 5.32 Å². The molecule has 0 bridgehead atoms. The summed E-state index contributed by atoms with van der Waals surface area (Å²) in [5.74, 6) is 0. The monoisotopic (exact) mass is 142 g/mol. The Kier molecular flexibility index (Phi) is 5.16. The molecule has 0 aliphatic carbocycles. The van der Waals surface area contributed by atoms with Crippen LogP contribution < -0.4 is 5.32 Å². The van der Waals surface area contributed by atoms with E-state index in [9.17, 15) is 4.79 Å². The van der Waals surface area contributed by atoms with Gasteiger partial charge in [-0.1, -0.05) is 0 Å². The van der Waals surface area contributed by atoms with Gasteiger partial charge in [-0.2, -0.15) is 5.26 Å². The first-order valence-electron chi connectivity index (χ1n) is 3.08. The van der Waals surface area contributed by atoms with Crippen molar-refractivity contribution in [3.63, 3.8) is 0 Å². The van der Waals surface area contributed by atoms with Crippen molar-refractivity contribution in [2.45, 2.75) is 13.3 Å². The molecular formula is C6H10N2O2. The smallest absolute Gasteiger partial charge is 0.407 e. The minimum atomic E-state index is -0.460. The van der Waals surface area contributed by atoms with E-state index >= 15 is 0 Å². The third kappa shape index (κ3) is 4.91. The normalized spacial score (nSPS) is 8.00. The number of carbonyl (C=O) groups is 1. The van der Waals surface area contributed by atoms with E-state index < -0.39 is 6.09 Å². The lowest BCUT2D eigenvalue weighted by molar-refractivity contribution is 0.152. The quantitative estimate of drug-likeness (QED) is 0.588. The van der Waals surface area contributed by atoms with Gasteiger partial charge in [-0.05, 0) is 6.92 Å². The molecule has 0 aromatic heterocycles. The maximum Gasteiger partial charge on any atom is 0.407 e. The third-order valence-corrected chi connectivity index (χ3v) is 0.782. The lowest BCUT2D eigenvalue weighted by Crippen LogP contribution is -2.24. The van der Waals surface area contributed by atoms with Gasteiger partial charge in [0.05, 0.1) is 19.1 Å². The van der Waals surface area contributed by atoms with Crippen LogP contribution in [-0.4, -0.2) is 19.2 Å². The van der Waals surface area contributed by atoms with Gasteiger partial charge in [0.25, 0.3) is 0 Å². The zero-order valence-electron chi connectivity index (χ0n) is 5.89. The topological polar surface area (TPSA) is 62.1 Å². The summed E-state index contributed by atoms with van der Waals surface area (Å²) < 4.78 is 4.53. The highest BCUT2D eigenvalue weighted by molar-refractivity contribution is 5.66. The number of rotatable bonds is 3. The zero-order valence-corrected chi connectivity index (χ0v) is 5.89. The summed E-state index contributed by atoms with van der Waals surface area (Å²) in [4.78, 5) is 10.5. The van der Waals surface area contributed by atoms with Gasteiger partial charge in [-0.3, -0.25) is 0 Å². The summed E-state index contributed by atoms with van der Waals surface area (Å²) >= 11 is 0. The largest absolute Gasteiger partial charge is 0.450 e. The first kappa shape index (κ1) is 8.76. The minimum Gasteiger partial charge on any atom is -0.450 e. The molecule has 1 N–H and O–H groups in total. The molecule has 56 valence electrons. The van der Waals surface area contributed by atoms with Gasteiger partial charge in [-0.15, -0.1) is 0 Å². The van der Waals surface area contributed by atoms with E-state index in [-0.39, 0.29) is 0 Å². The van der Waals surface area contributed by atoms with Crippen molar-refractivity contribution < 1.29 is 9.53 Å². The van der Waals surface area contributed by atoms with E-state index in [4.69, 9.17) is 5.26 Å². The Labute approximate surface area is 59.8 Å². The Balaban J connectivity index is 3.15. The van der Waals surface area contributed by atoms with Crippen LogP contribution in [0.1, 0.15) is 13.3 Å². The minimum absolute atomic E-state index is 0.318. The summed E-state index contributed by atoms with van der Waals surface area (Å²) in [5, 5.41) is 10.5. The average Bonchev–Trinajstić information content (AvgIpc) is 1.89. The zero-order chi connectivity index (χ0) is 7.82. The molecule has 0 saturated carbocycles. The molecule has 0 fully saturated rings. The SMILES string of the molecule is CCOC(=O)NCCC#N. The van der Waals surface area contributed by atoms with Crippen LogP contribution in [0.25, 0.3) is 0 Å². The molecule has 0 aliphatic heterocycles. The van der Waals surface area contributed by atoms with Gasteiger partial charge in [-0.25, -0.2) is 4.79 Å². The first-order chi connectivity index (χ1) is 4.81. The fourth-order valence-corrected chi connectivity index (χ4v) is 0.403. The van der Waals surface area contributed by atoms with Crippen LogP contribution in [0, 0.1) is 11.3 Å². The molecule has 0 aliphatic rings. The first-order valence-corrected chi connectivity index (χ1v) is 3.08. The molecule has 0 radical (unpaired) electrons. The number of alkyl carbamates (subject to hydrolysis) is 1. The van der Waals surface area contributed by atoms with Gasteiger partial charge in [0.15, 0.2) is 0 Å². The van der Waals surface area contributed by atoms with Crippen LogP contribution in [0.15, 0.2) is 0 Å². The molecular weight excluding hydrogens is 132 g/mol. The maximum absolute atomic E-state index is 10.5. The van der Waals surface area contributed by atoms with Gasteiger partial charge in [0.2, 0.25) is 0 Å². The fraction of sp³-hybridized carbons (Fsp3) is 0.667. The average molecular weight is 142 g/mol. The molecule has 0 aromatic carbocycles. The van der Waals surface area contributed by atoms with Crippen LogP contribution in [0.5, 0.6) is 0 Å². The van der Waals surface area contributed by atoms with Crippen molar-refractivity contribution in [1.29, 1.82) is 5.26 Å². The second kappa shape index (κ2) is 5.89. The number of nitrogens with one attached hydrogen (secondary N) is 1. The van der Waals surface area contributed by atoms with Crippen LogP contribution >= 0.6 is 0 Å². The number of nitriles is 1. The summed E-state index contributed by atoms with van der Waals surface area (Å²) in [6, 6.07) is 1.89. The van der Waals surface area contributed by atoms with Crippen LogP contribution in [-0.2, 0) is 4.74 Å². The second-order valence-electron chi connectivity index (χ2n) is 1.56. The Hall–Kier alpha value is -1.24. The summed E-state index contributed by atoms with van der Waals surface area (Å²) in [7, 11) is 0. The number of hydrogen-bond acceptors (Lipinski definition) is 3. The Morgan fingerprint density at radius 2 is 2.50 bits per heavy atom. The molecule has 10 heavy (non-hydrogen) atoms. The molecule has 0 saturated heterocycles. The molecule has 0 atom stereocenters. The highest BCUT2D eigenvalue weighted by Crippen LogP contribution is 1.76. The Morgan fingerprint density at radius 3 is 3.00 bits per heavy atom. The van der Waals surface area contributed by atoms with E-state index in [0.29, 0.717) is 19.6 Å². The molecule has 4 heteroatoms. The highest BCUT2D eigenvalue weighted by Gasteiger charge is 1.95. The number of carbonyl (C=O) groups excluding carboxylic acids is 1. The molecule has 0 heterocycles.